The third-order valence-corrected chi connectivity index (χ3v) is 3.77. The molecule has 3 aromatic rings. The van der Waals surface area contributed by atoms with E-state index in [1.165, 1.54) is 0 Å². The first-order valence-electron chi connectivity index (χ1n) is 8.09. The lowest BCUT2D eigenvalue weighted by molar-refractivity contribution is 0.0946. The number of carbonyl (C=O) groups excluding carboxylic acids is 1. The Labute approximate surface area is 151 Å². The molecule has 3 aromatic heterocycles. The van der Waals surface area contributed by atoms with Crippen LogP contribution in [0.2, 0.25) is 0 Å². The van der Waals surface area contributed by atoms with Gasteiger partial charge in [0.1, 0.15) is 11.4 Å². The minimum Gasteiger partial charge on any atom is -0.351 e. The zero-order valence-electron chi connectivity index (χ0n) is 14.2. The Morgan fingerprint density at radius 1 is 1.22 bits per heavy atom. The number of halogens is 4. The molecule has 144 valence electrons. The molecule has 11 heteroatoms. The summed E-state index contributed by atoms with van der Waals surface area (Å²) < 4.78 is 54.3. The van der Waals surface area contributed by atoms with E-state index in [1.807, 2.05) is 13.1 Å². The van der Waals surface area contributed by atoms with Crippen molar-refractivity contribution in [2.24, 2.45) is 0 Å². The Morgan fingerprint density at radius 3 is 2.63 bits per heavy atom. The number of hydrogen-bond donors (Lipinski definition) is 1. The van der Waals surface area contributed by atoms with Gasteiger partial charge in [-0.3, -0.25) is 9.48 Å². The molecule has 0 aliphatic heterocycles. The Kier molecular flexibility index (Phi) is 5.38. The molecule has 0 spiro atoms. The van der Waals surface area contributed by atoms with Gasteiger partial charge < -0.3 is 5.32 Å². The summed E-state index contributed by atoms with van der Waals surface area (Å²) in [6, 6.07) is 1.69. The monoisotopic (exact) mass is 384 g/mol. The molecule has 27 heavy (non-hydrogen) atoms. The minimum atomic E-state index is -3.04. The van der Waals surface area contributed by atoms with Crippen LogP contribution in [0.3, 0.4) is 0 Å². The molecular weight excluding hydrogens is 368 g/mol. The number of fused-ring (bicyclic) bond motifs is 1. The SMILES string of the molecule is Cc1cnn(CCCNC(=O)c2cc3nc(C(F)F)cc(C(F)F)n3n2)c1. The highest BCUT2D eigenvalue weighted by Gasteiger charge is 2.21. The number of nitrogens with one attached hydrogen (secondary N) is 1. The highest BCUT2D eigenvalue weighted by atomic mass is 19.3. The van der Waals surface area contributed by atoms with E-state index >= 15 is 0 Å². The maximum Gasteiger partial charge on any atom is 0.280 e. The molecule has 0 radical (unpaired) electrons. The second-order valence-electron chi connectivity index (χ2n) is 5.90. The quantitative estimate of drug-likeness (QED) is 0.502. The van der Waals surface area contributed by atoms with Crippen molar-refractivity contribution in [3.05, 3.63) is 47.2 Å². The number of aryl methyl sites for hydroxylation is 2. The average Bonchev–Trinajstić information content (AvgIpc) is 3.23. The van der Waals surface area contributed by atoms with Crippen molar-refractivity contribution in [1.29, 1.82) is 0 Å². The van der Waals surface area contributed by atoms with E-state index in [1.54, 1.807) is 10.9 Å². The van der Waals surface area contributed by atoms with Crippen molar-refractivity contribution in [2.75, 3.05) is 6.54 Å². The number of rotatable bonds is 7. The summed E-state index contributed by atoms with van der Waals surface area (Å²) in [6.45, 7) is 2.81. The van der Waals surface area contributed by atoms with Crippen molar-refractivity contribution in [3.63, 3.8) is 0 Å². The summed E-state index contributed by atoms with van der Waals surface area (Å²) in [7, 11) is 0. The van der Waals surface area contributed by atoms with Crippen molar-refractivity contribution >= 4 is 11.6 Å². The van der Waals surface area contributed by atoms with E-state index in [4.69, 9.17) is 0 Å². The number of nitrogens with zero attached hydrogens (tertiary/aromatic N) is 5. The van der Waals surface area contributed by atoms with Gasteiger partial charge in [0, 0.05) is 25.4 Å². The van der Waals surface area contributed by atoms with Gasteiger partial charge in [-0.2, -0.15) is 10.2 Å². The fourth-order valence-corrected chi connectivity index (χ4v) is 2.52. The number of hydrogen-bond acceptors (Lipinski definition) is 4. The highest BCUT2D eigenvalue weighted by Crippen LogP contribution is 2.25. The summed E-state index contributed by atoms with van der Waals surface area (Å²) in [5, 5.41) is 10.5. The molecule has 0 atom stereocenters. The molecule has 0 saturated carbocycles. The average molecular weight is 384 g/mol. The van der Waals surface area contributed by atoms with Crippen LogP contribution in [0.5, 0.6) is 0 Å². The molecule has 0 aliphatic carbocycles. The zero-order chi connectivity index (χ0) is 19.6. The van der Waals surface area contributed by atoms with Crippen LogP contribution in [0.15, 0.2) is 24.5 Å². The van der Waals surface area contributed by atoms with E-state index < -0.39 is 30.1 Å². The van der Waals surface area contributed by atoms with Crippen molar-refractivity contribution in [1.82, 2.24) is 29.7 Å². The van der Waals surface area contributed by atoms with E-state index in [-0.39, 0.29) is 11.3 Å². The van der Waals surface area contributed by atoms with Crippen LogP contribution in [0.1, 0.15) is 46.7 Å². The molecule has 3 heterocycles. The van der Waals surface area contributed by atoms with E-state index in [9.17, 15) is 22.4 Å². The predicted octanol–water partition coefficient (Wildman–Crippen LogP) is 2.93. The van der Waals surface area contributed by atoms with Crippen LogP contribution < -0.4 is 5.32 Å². The lowest BCUT2D eigenvalue weighted by Gasteiger charge is -2.06. The molecule has 0 bridgehead atoms. The van der Waals surface area contributed by atoms with Crippen molar-refractivity contribution in [3.8, 4) is 0 Å². The van der Waals surface area contributed by atoms with Gasteiger partial charge in [-0.05, 0) is 25.0 Å². The summed E-state index contributed by atoms with van der Waals surface area (Å²) in [6.07, 6.45) is -1.87. The topological polar surface area (TPSA) is 77.1 Å². The Hall–Kier alpha value is -2.98. The van der Waals surface area contributed by atoms with Crippen LogP contribution in [-0.2, 0) is 6.54 Å². The molecule has 1 N–H and O–H groups in total. The first-order valence-corrected chi connectivity index (χ1v) is 8.09. The van der Waals surface area contributed by atoms with Gasteiger partial charge in [-0.25, -0.2) is 27.1 Å². The van der Waals surface area contributed by atoms with Gasteiger partial charge in [-0.15, -0.1) is 0 Å². The van der Waals surface area contributed by atoms with E-state index in [2.05, 4.69) is 20.5 Å². The summed E-state index contributed by atoms with van der Waals surface area (Å²) in [5.41, 5.74) is -0.928. The third kappa shape index (κ3) is 4.23. The number of carbonyl (C=O) groups is 1. The molecule has 0 saturated heterocycles. The fourth-order valence-electron chi connectivity index (χ4n) is 2.52. The molecular formula is C16H16F4N6O. The predicted molar refractivity (Wildman–Crippen MR) is 86.8 cm³/mol. The maximum absolute atomic E-state index is 13.1. The summed E-state index contributed by atoms with van der Waals surface area (Å²) in [5.74, 6) is -0.601. The summed E-state index contributed by atoms with van der Waals surface area (Å²) in [4.78, 5) is 15.7. The fraction of sp³-hybridized carbons (Fsp3) is 0.375. The Bertz CT molecular complexity index is 952. The Morgan fingerprint density at radius 2 is 2.00 bits per heavy atom. The van der Waals surface area contributed by atoms with Gasteiger partial charge in [0.05, 0.1) is 6.20 Å². The largest absolute Gasteiger partial charge is 0.351 e. The number of amides is 1. The lowest BCUT2D eigenvalue weighted by Crippen LogP contribution is -2.25. The first kappa shape index (κ1) is 18.8. The normalized spacial score (nSPS) is 11.7. The molecule has 7 nitrogen and oxygen atoms in total. The van der Waals surface area contributed by atoms with Crippen molar-refractivity contribution < 1.29 is 22.4 Å². The molecule has 0 unspecified atom stereocenters. The lowest BCUT2D eigenvalue weighted by atomic mass is 10.3. The van der Waals surface area contributed by atoms with Gasteiger partial charge in [0.25, 0.3) is 18.8 Å². The smallest absolute Gasteiger partial charge is 0.280 e. The zero-order valence-corrected chi connectivity index (χ0v) is 14.2. The molecule has 3 rings (SSSR count). The van der Waals surface area contributed by atoms with Crippen LogP contribution in [0, 0.1) is 6.92 Å². The van der Waals surface area contributed by atoms with Gasteiger partial charge in [0.2, 0.25) is 0 Å². The molecule has 0 aliphatic rings. The van der Waals surface area contributed by atoms with Crippen LogP contribution >= 0.6 is 0 Å². The number of aromatic nitrogens is 5. The second kappa shape index (κ2) is 7.72. The minimum absolute atomic E-state index is 0.175. The van der Waals surface area contributed by atoms with Crippen molar-refractivity contribution in [2.45, 2.75) is 32.7 Å². The molecule has 1 amide bonds. The van der Waals surface area contributed by atoms with Gasteiger partial charge >= 0.3 is 0 Å². The van der Waals surface area contributed by atoms with Gasteiger partial charge in [0.15, 0.2) is 11.3 Å². The van der Waals surface area contributed by atoms with Crippen LogP contribution in [-0.4, -0.2) is 36.8 Å². The van der Waals surface area contributed by atoms with E-state index in [0.29, 0.717) is 30.1 Å². The Balaban J connectivity index is 1.70. The third-order valence-electron chi connectivity index (χ3n) is 3.77. The number of alkyl halides is 4. The van der Waals surface area contributed by atoms with Gasteiger partial charge in [-0.1, -0.05) is 0 Å². The maximum atomic E-state index is 13.1. The standard InChI is InChI=1S/C16H16F4N6O/c1-9-7-22-25(8-9)4-2-3-21-16(27)11-6-13-23-10(14(17)18)5-12(15(19)20)26(13)24-11/h5-8,14-15H,2-4H2,1H3,(H,21,27). The first-order chi connectivity index (χ1) is 12.8. The molecule has 0 aromatic carbocycles. The van der Waals surface area contributed by atoms with E-state index in [0.717, 1.165) is 11.6 Å². The second-order valence-corrected chi connectivity index (χ2v) is 5.90. The van der Waals surface area contributed by atoms with Crippen LogP contribution in [0.4, 0.5) is 17.6 Å². The summed E-state index contributed by atoms with van der Waals surface area (Å²) >= 11 is 0. The van der Waals surface area contributed by atoms with Crippen LogP contribution in [0.25, 0.3) is 5.65 Å². The molecule has 0 fully saturated rings. The highest BCUT2D eigenvalue weighted by molar-refractivity contribution is 5.93.